The van der Waals surface area contributed by atoms with E-state index in [2.05, 4.69) is 34.5 Å². The summed E-state index contributed by atoms with van der Waals surface area (Å²) in [5.41, 5.74) is 2.36. The third kappa shape index (κ3) is 3.41. The molecule has 1 unspecified atom stereocenters. The van der Waals surface area contributed by atoms with Gasteiger partial charge in [-0.3, -0.25) is 0 Å². The molecule has 130 valence electrons. The van der Waals surface area contributed by atoms with Crippen LogP contribution in [0.15, 0.2) is 82.6 Å². The molecule has 2 aromatic carbocycles. The summed E-state index contributed by atoms with van der Waals surface area (Å²) in [6.45, 7) is 0. The van der Waals surface area contributed by atoms with Gasteiger partial charge in [-0.2, -0.15) is 0 Å². The number of hydrogen-bond donors (Lipinski definition) is 0. The predicted molar refractivity (Wildman–Crippen MR) is 104 cm³/mol. The van der Waals surface area contributed by atoms with E-state index < -0.39 is 0 Å². The predicted octanol–water partition coefficient (Wildman–Crippen LogP) is 5.61. The van der Waals surface area contributed by atoms with Crippen molar-refractivity contribution in [3.05, 3.63) is 89.1 Å². The molecule has 0 saturated carbocycles. The highest BCUT2D eigenvalue weighted by Gasteiger charge is 2.21. The molecule has 26 heavy (non-hydrogen) atoms. The van der Waals surface area contributed by atoms with Crippen LogP contribution in [0.3, 0.4) is 0 Å². The van der Waals surface area contributed by atoms with Gasteiger partial charge in [0.25, 0.3) is 0 Å². The van der Waals surface area contributed by atoms with Crippen molar-refractivity contribution < 1.29 is 4.42 Å². The summed E-state index contributed by atoms with van der Waals surface area (Å²) < 4.78 is 7.41. The van der Waals surface area contributed by atoms with Crippen molar-refractivity contribution in [3.63, 3.8) is 0 Å². The molecule has 0 radical (unpaired) electrons. The Morgan fingerprint density at radius 2 is 1.65 bits per heavy atom. The van der Waals surface area contributed by atoms with Gasteiger partial charge in [-0.1, -0.05) is 65.8 Å². The Labute approximate surface area is 160 Å². The summed E-state index contributed by atoms with van der Waals surface area (Å²) in [7, 11) is 1.95. The van der Waals surface area contributed by atoms with Gasteiger partial charge in [-0.25, -0.2) is 0 Å². The van der Waals surface area contributed by atoms with Crippen molar-refractivity contribution in [1.29, 1.82) is 0 Å². The minimum atomic E-state index is 0.0841. The Balaban J connectivity index is 1.71. The van der Waals surface area contributed by atoms with E-state index in [1.165, 1.54) is 5.56 Å². The van der Waals surface area contributed by atoms with E-state index in [9.17, 15) is 0 Å². The molecule has 0 aliphatic heterocycles. The SMILES string of the molecule is Cn1c(SC(c2ccccc2)c2ccc(Cl)cc2)nnc1-c1ccco1. The zero-order valence-electron chi connectivity index (χ0n) is 14.0. The number of aromatic nitrogens is 3. The fourth-order valence-electron chi connectivity index (χ4n) is 2.74. The Bertz CT molecular complexity index is 982. The molecule has 0 fully saturated rings. The Morgan fingerprint density at radius 3 is 2.35 bits per heavy atom. The monoisotopic (exact) mass is 381 g/mol. The van der Waals surface area contributed by atoms with Crippen molar-refractivity contribution in [3.8, 4) is 11.6 Å². The van der Waals surface area contributed by atoms with Crippen LogP contribution in [0.5, 0.6) is 0 Å². The first-order valence-electron chi connectivity index (χ1n) is 8.13. The highest BCUT2D eigenvalue weighted by molar-refractivity contribution is 7.99. The fourth-order valence-corrected chi connectivity index (χ4v) is 3.99. The second-order valence-electron chi connectivity index (χ2n) is 5.80. The lowest BCUT2D eigenvalue weighted by atomic mass is 10.0. The van der Waals surface area contributed by atoms with Gasteiger partial charge < -0.3 is 8.98 Å². The minimum absolute atomic E-state index is 0.0841. The Kier molecular flexibility index (Phi) is 4.82. The third-order valence-electron chi connectivity index (χ3n) is 4.07. The molecule has 2 aromatic heterocycles. The summed E-state index contributed by atoms with van der Waals surface area (Å²) >= 11 is 7.71. The van der Waals surface area contributed by atoms with Crippen molar-refractivity contribution in [2.45, 2.75) is 10.4 Å². The molecular weight excluding hydrogens is 366 g/mol. The second kappa shape index (κ2) is 7.40. The number of halogens is 1. The molecule has 0 spiro atoms. The summed E-state index contributed by atoms with van der Waals surface area (Å²) in [5, 5.41) is 10.3. The van der Waals surface area contributed by atoms with Gasteiger partial charge in [0.1, 0.15) is 0 Å². The largest absolute Gasteiger partial charge is 0.461 e. The van der Waals surface area contributed by atoms with E-state index in [1.807, 2.05) is 54.1 Å². The van der Waals surface area contributed by atoms with Gasteiger partial charge in [0.05, 0.1) is 11.5 Å². The highest BCUT2D eigenvalue weighted by atomic mass is 35.5. The third-order valence-corrected chi connectivity index (χ3v) is 5.67. The molecule has 6 heteroatoms. The highest BCUT2D eigenvalue weighted by Crippen LogP contribution is 2.40. The normalized spacial score (nSPS) is 12.2. The molecule has 0 saturated heterocycles. The zero-order chi connectivity index (χ0) is 17.9. The summed E-state index contributed by atoms with van der Waals surface area (Å²) in [4.78, 5) is 0. The molecule has 0 N–H and O–H groups in total. The molecule has 0 bridgehead atoms. The standard InChI is InChI=1S/C20H16ClN3OS/c1-24-19(17-8-5-13-25-17)22-23-20(24)26-18(14-6-3-2-4-7-14)15-9-11-16(21)12-10-15/h2-13,18H,1H3. The lowest BCUT2D eigenvalue weighted by Gasteiger charge is -2.17. The summed E-state index contributed by atoms with van der Waals surface area (Å²) in [6, 6.07) is 22.0. The van der Waals surface area contributed by atoms with E-state index in [0.29, 0.717) is 11.6 Å². The van der Waals surface area contributed by atoms with E-state index in [4.69, 9.17) is 16.0 Å². The van der Waals surface area contributed by atoms with Crippen LogP contribution < -0.4 is 0 Å². The van der Waals surface area contributed by atoms with Gasteiger partial charge >= 0.3 is 0 Å². The smallest absolute Gasteiger partial charge is 0.200 e. The van der Waals surface area contributed by atoms with Gasteiger partial charge in [0.15, 0.2) is 16.7 Å². The maximum absolute atomic E-state index is 6.06. The zero-order valence-corrected chi connectivity index (χ0v) is 15.6. The molecule has 0 aliphatic carbocycles. The number of benzene rings is 2. The first-order chi connectivity index (χ1) is 12.7. The van der Waals surface area contributed by atoms with Crippen LogP contribution in [0, 0.1) is 0 Å². The second-order valence-corrected chi connectivity index (χ2v) is 7.31. The van der Waals surface area contributed by atoms with Gasteiger partial charge in [-0.15, -0.1) is 10.2 Å². The van der Waals surface area contributed by atoms with Crippen molar-refractivity contribution in [2.75, 3.05) is 0 Å². The molecule has 4 nitrogen and oxygen atoms in total. The quantitative estimate of drug-likeness (QED) is 0.421. The molecule has 1 atom stereocenters. The number of nitrogens with zero attached hydrogens (tertiary/aromatic N) is 3. The first kappa shape index (κ1) is 16.9. The van der Waals surface area contributed by atoms with Crippen LogP contribution in [0.25, 0.3) is 11.6 Å². The average Bonchev–Trinajstić information content (AvgIpc) is 3.31. The first-order valence-corrected chi connectivity index (χ1v) is 9.38. The topological polar surface area (TPSA) is 43.9 Å². The lowest BCUT2D eigenvalue weighted by Crippen LogP contribution is -2.00. The molecular formula is C20H16ClN3OS. The van der Waals surface area contributed by atoms with E-state index in [0.717, 1.165) is 15.7 Å². The average molecular weight is 382 g/mol. The number of furan rings is 1. The van der Waals surface area contributed by atoms with E-state index in [1.54, 1.807) is 18.0 Å². The molecule has 0 amide bonds. The Hall–Kier alpha value is -2.50. The fraction of sp³-hybridized carbons (Fsp3) is 0.100. The van der Waals surface area contributed by atoms with Gasteiger partial charge in [-0.05, 0) is 35.4 Å². The number of thioether (sulfide) groups is 1. The van der Waals surface area contributed by atoms with Crippen LogP contribution in [-0.2, 0) is 7.05 Å². The summed E-state index contributed by atoms with van der Waals surface area (Å²) in [5.74, 6) is 1.41. The van der Waals surface area contributed by atoms with Gasteiger partial charge in [0.2, 0.25) is 0 Å². The van der Waals surface area contributed by atoms with E-state index in [-0.39, 0.29) is 5.25 Å². The molecule has 2 heterocycles. The maximum atomic E-state index is 6.06. The van der Waals surface area contributed by atoms with Crippen LogP contribution in [0.2, 0.25) is 5.02 Å². The van der Waals surface area contributed by atoms with Crippen molar-refractivity contribution in [2.24, 2.45) is 7.05 Å². The number of hydrogen-bond acceptors (Lipinski definition) is 4. The maximum Gasteiger partial charge on any atom is 0.200 e. The van der Waals surface area contributed by atoms with Crippen LogP contribution >= 0.6 is 23.4 Å². The number of rotatable bonds is 5. The summed E-state index contributed by atoms with van der Waals surface area (Å²) in [6.07, 6.45) is 1.64. The lowest BCUT2D eigenvalue weighted by molar-refractivity contribution is 0.572. The van der Waals surface area contributed by atoms with Crippen molar-refractivity contribution in [1.82, 2.24) is 14.8 Å². The van der Waals surface area contributed by atoms with Gasteiger partial charge in [0, 0.05) is 12.1 Å². The molecule has 4 aromatic rings. The van der Waals surface area contributed by atoms with E-state index >= 15 is 0 Å². The molecule has 4 rings (SSSR count). The molecule has 0 aliphatic rings. The van der Waals surface area contributed by atoms with Crippen LogP contribution in [-0.4, -0.2) is 14.8 Å². The van der Waals surface area contributed by atoms with Crippen LogP contribution in [0.1, 0.15) is 16.4 Å². The van der Waals surface area contributed by atoms with Crippen LogP contribution in [0.4, 0.5) is 0 Å². The van der Waals surface area contributed by atoms with Crippen molar-refractivity contribution >= 4 is 23.4 Å². The minimum Gasteiger partial charge on any atom is -0.461 e. The Morgan fingerprint density at radius 1 is 0.923 bits per heavy atom.